The Labute approximate surface area is 251 Å². The first-order chi connectivity index (χ1) is 20.2. The fourth-order valence-corrected chi connectivity index (χ4v) is 7.34. The molecule has 2 heterocycles. The number of benzene rings is 4. The number of pyridine rings is 1. The summed E-state index contributed by atoms with van der Waals surface area (Å²) in [5.41, 5.74) is 14.3. The van der Waals surface area contributed by atoms with Gasteiger partial charge in [-0.1, -0.05) is 94.4 Å². The predicted molar refractivity (Wildman–Crippen MR) is 181 cm³/mol. The second kappa shape index (κ2) is 10.6. The Bertz CT molecular complexity index is 1970. The highest BCUT2D eigenvalue weighted by molar-refractivity contribution is 6.20. The Hall–Kier alpha value is -4.17. The molecule has 4 aromatic carbocycles. The quantitative estimate of drug-likeness (QED) is 0.138. The summed E-state index contributed by atoms with van der Waals surface area (Å²) in [6, 6.07) is 25.1. The van der Waals surface area contributed by atoms with Gasteiger partial charge >= 0.3 is 0 Å². The average Bonchev–Trinajstić information content (AvgIpc) is 3.37. The predicted octanol–water partition coefficient (Wildman–Crippen LogP) is 10.4. The van der Waals surface area contributed by atoms with Gasteiger partial charge in [0.2, 0.25) is 0 Å². The van der Waals surface area contributed by atoms with Crippen LogP contribution in [0.5, 0.6) is 0 Å². The van der Waals surface area contributed by atoms with Crippen LogP contribution in [0.1, 0.15) is 67.9 Å². The summed E-state index contributed by atoms with van der Waals surface area (Å²) in [6.07, 6.45) is 9.79. The largest absolute Gasteiger partial charge is 0.294 e. The fourth-order valence-electron chi connectivity index (χ4n) is 7.34. The third-order valence-corrected chi connectivity index (χ3v) is 9.70. The third-order valence-electron chi connectivity index (χ3n) is 9.70. The Balaban J connectivity index is 1.88. The van der Waals surface area contributed by atoms with Crippen molar-refractivity contribution in [3.63, 3.8) is 0 Å². The molecule has 2 aromatic heterocycles. The van der Waals surface area contributed by atoms with Crippen molar-refractivity contribution in [1.29, 1.82) is 0 Å². The van der Waals surface area contributed by atoms with Gasteiger partial charge in [-0.05, 0) is 101 Å². The molecule has 0 aliphatic rings. The van der Waals surface area contributed by atoms with Crippen LogP contribution in [-0.2, 0) is 12.5 Å². The van der Waals surface area contributed by atoms with Crippen molar-refractivity contribution in [2.24, 2.45) is 7.05 Å². The van der Waals surface area contributed by atoms with Gasteiger partial charge in [0.25, 0.3) is 5.65 Å². The number of fused-ring (bicyclic) bond motifs is 6. The first-order valence-electron chi connectivity index (χ1n) is 15.4. The molecule has 0 fully saturated rings. The topological polar surface area (TPSA) is 8.29 Å². The molecule has 0 saturated carbocycles. The highest BCUT2D eigenvalue weighted by atomic mass is 15.1. The van der Waals surface area contributed by atoms with Crippen molar-refractivity contribution in [3.05, 3.63) is 114 Å². The summed E-state index contributed by atoms with van der Waals surface area (Å²) in [6.45, 7) is 17.9. The van der Waals surface area contributed by atoms with Crippen molar-refractivity contribution in [2.45, 2.75) is 66.2 Å². The molecule has 0 spiro atoms. The summed E-state index contributed by atoms with van der Waals surface area (Å²) in [4.78, 5) is 0. The van der Waals surface area contributed by atoms with Gasteiger partial charge in [-0.15, -0.1) is 0 Å². The lowest BCUT2D eigenvalue weighted by Crippen LogP contribution is -2.28. The molecule has 0 radical (unpaired) electrons. The first-order valence-corrected chi connectivity index (χ1v) is 15.4. The molecule has 0 amide bonds. The van der Waals surface area contributed by atoms with E-state index >= 15 is 0 Å². The van der Waals surface area contributed by atoms with Crippen LogP contribution in [0.2, 0.25) is 0 Å². The number of aryl methyl sites for hydroxylation is 4. The van der Waals surface area contributed by atoms with Crippen LogP contribution < -0.4 is 4.57 Å². The molecule has 0 saturated heterocycles. The molecule has 0 N–H and O–H groups in total. The second-order valence-corrected chi connectivity index (χ2v) is 12.5. The zero-order chi connectivity index (χ0) is 29.8. The summed E-state index contributed by atoms with van der Waals surface area (Å²) in [5.74, 6) is 0. The van der Waals surface area contributed by atoms with E-state index in [1.54, 1.807) is 0 Å². The van der Waals surface area contributed by atoms with Gasteiger partial charge in [-0.25, -0.2) is 4.57 Å². The van der Waals surface area contributed by atoms with Crippen LogP contribution in [0.25, 0.3) is 55.7 Å². The normalized spacial score (nSPS) is 13.2. The fraction of sp³-hybridized carbons (Fsp3) is 0.275. The maximum atomic E-state index is 3.95. The summed E-state index contributed by atoms with van der Waals surface area (Å²) >= 11 is 0. The van der Waals surface area contributed by atoms with Gasteiger partial charge in [0, 0.05) is 10.8 Å². The number of hydrogen-bond donors (Lipinski definition) is 0. The first kappa shape index (κ1) is 28.0. The van der Waals surface area contributed by atoms with Gasteiger partial charge in [-0.2, -0.15) is 4.40 Å². The van der Waals surface area contributed by atoms with Crippen LogP contribution in [0, 0.1) is 20.8 Å². The van der Waals surface area contributed by atoms with Gasteiger partial charge in [-0.3, -0.25) is 0 Å². The SMILES string of the molecule is C=Cc1ccc(-c2cc(C)c3c(c2)c2c(-c4c(C)cccc4C)ccc(C(C)(CC)CCC)c2c2n3cc[n+]2C)cc1. The molecular formula is C40H43N2+. The van der Waals surface area contributed by atoms with Gasteiger partial charge in [0.15, 0.2) is 0 Å². The van der Waals surface area contributed by atoms with Crippen LogP contribution in [-0.4, -0.2) is 4.40 Å². The Morgan fingerprint density at radius 2 is 1.57 bits per heavy atom. The average molecular weight is 552 g/mol. The summed E-state index contributed by atoms with van der Waals surface area (Å²) < 4.78 is 4.76. The maximum Gasteiger partial charge on any atom is 0.294 e. The number of aromatic nitrogens is 2. The van der Waals surface area contributed by atoms with Crippen LogP contribution in [0.15, 0.2) is 85.7 Å². The van der Waals surface area contributed by atoms with E-state index < -0.39 is 0 Å². The standard InChI is InChI=1S/C40H43N2/c1-9-21-40(7,11-3)34-20-19-32(35-26(4)13-12-14-27(35)5)36-33-25-31(30-17-15-29(10-2)16-18-30)24-28(6)38(33)42-23-22-41(8)39(42)37(34)36/h10,12-20,22-25H,2,9,11,21H2,1,3-8H3/q+1. The summed E-state index contributed by atoms with van der Waals surface area (Å²) in [7, 11) is 2.20. The molecule has 2 heteroatoms. The van der Waals surface area contributed by atoms with Gasteiger partial charge in [0.05, 0.1) is 12.4 Å². The van der Waals surface area contributed by atoms with Crippen molar-refractivity contribution >= 4 is 33.4 Å². The number of rotatable bonds is 7. The van der Waals surface area contributed by atoms with Crippen molar-refractivity contribution in [3.8, 4) is 22.3 Å². The smallest absolute Gasteiger partial charge is 0.232 e. The molecule has 0 aliphatic heterocycles. The maximum absolute atomic E-state index is 3.95. The Kier molecular flexibility index (Phi) is 7.05. The summed E-state index contributed by atoms with van der Waals surface area (Å²) in [5, 5.41) is 4.06. The highest BCUT2D eigenvalue weighted by Gasteiger charge is 2.32. The van der Waals surface area contributed by atoms with Gasteiger partial charge < -0.3 is 0 Å². The molecule has 0 bridgehead atoms. The second-order valence-electron chi connectivity index (χ2n) is 12.5. The number of nitrogens with zero attached hydrogens (tertiary/aromatic N) is 2. The molecular weight excluding hydrogens is 508 g/mol. The minimum absolute atomic E-state index is 0.0743. The number of imidazole rings is 1. The molecule has 6 rings (SSSR count). The van der Waals surface area contributed by atoms with Crippen molar-refractivity contribution < 1.29 is 4.57 Å². The van der Waals surface area contributed by atoms with E-state index in [9.17, 15) is 0 Å². The lowest BCUT2D eigenvalue weighted by atomic mass is 9.73. The molecule has 212 valence electrons. The molecule has 1 atom stereocenters. The Morgan fingerprint density at radius 3 is 2.21 bits per heavy atom. The van der Waals surface area contributed by atoms with E-state index in [4.69, 9.17) is 0 Å². The lowest BCUT2D eigenvalue weighted by Gasteiger charge is -2.31. The van der Waals surface area contributed by atoms with Crippen molar-refractivity contribution in [1.82, 2.24) is 4.40 Å². The molecule has 2 nitrogen and oxygen atoms in total. The molecule has 1 unspecified atom stereocenters. The minimum Gasteiger partial charge on any atom is -0.232 e. The third kappa shape index (κ3) is 4.28. The van der Waals surface area contributed by atoms with E-state index in [0.29, 0.717) is 0 Å². The van der Waals surface area contributed by atoms with Crippen LogP contribution >= 0.6 is 0 Å². The van der Waals surface area contributed by atoms with E-state index in [1.165, 1.54) is 71.8 Å². The lowest BCUT2D eigenvalue weighted by molar-refractivity contribution is -0.643. The zero-order valence-corrected chi connectivity index (χ0v) is 26.3. The van der Waals surface area contributed by atoms with E-state index in [2.05, 4.69) is 143 Å². The van der Waals surface area contributed by atoms with Crippen LogP contribution in [0.3, 0.4) is 0 Å². The van der Waals surface area contributed by atoms with Crippen LogP contribution in [0.4, 0.5) is 0 Å². The Morgan fingerprint density at radius 1 is 0.857 bits per heavy atom. The van der Waals surface area contributed by atoms with E-state index in [1.807, 2.05) is 6.08 Å². The molecule has 6 aromatic rings. The molecule has 0 aliphatic carbocycles. The van der Waals surface area contributed by atoms with Crippen molar-refractivity contribution in [2.75, 3.05) is 0 Å². The number of hydrogen-bond acceptors (Lipinski definition) is 0. The zero-order valence-electron chi connectivity index (χ0n) is 26.3. The highest BCUT2D eigenvalue weighted by Crippen LogP contribution is 2.46. The van der Waals surface area contributed by atoms with E-state index in [0.717, 1.165) is 24.8 Å². The van der Waals surface area contributed by atoms with Gasteiger partial charge in [0.1, 0.15) is 17.9 Å². The molecule has 42 heavy (non-hydrogen) atoms. The monoisotopic (exact) mass is 551 g/mol. The van der Waals surface area contributed by atoms with E-state index in [-0.39, 0.29) is 5.41 Å². The minimum atomic E-state index is 0.0743.